The van der Waals surface area contributed by atoms with Crippen molar-refractivity contribution in [3.63, 3.8) is 0 Å². The van der Waals surface area contributed by atoms with Crippen LogP contribution in [0.3, 0.4) is 0 Å². The molecule has 6 rings (SSSR count). The first-order chi connectivity index (χ1) is 18.9. The zero-order valence-corrected chi connectivity index (χ0v) is 22.4. The summed E-state index contributed by atoms with van der Waals surface area (Å²) in [5, 5.41) is 1.06. The first-order valence-corrected chi connectivity index (χ1v) is 13.2. The molecule has 0 saturated heterocycles. The van der Waals surface area contributed by atoms with Crippen LogP contribution in [-0.4, -0.2) is 10.8 Å². The molecule has 1 atom stereocenters. The van der Waals surface area contributed by atoms with E-state index in [1.165, 1.54) is 0 Å². The third-order valence-electron chi connectivity index (χ3n) is 7.15. The largest absolute Gasteiger partial charge is 0.489 e. The molecule has 5 aromatic rings. The molecule has 0 radical (unpaired) electrons. The molecule has 0 aliphatic carbocycles. The van der Waals surface area contributed by atoms with E-state index in [0.29, 0.717) is 33.9 Å². The van der Waals surface area contributed by atoms with Crippen molar-refractivity contribution in [2.45, 2.75) is 33.0 Å². The first-order valence-electron chi connectivity index (χ1n) is 12.8. The Morgan fingerprint density at radius 3 is 2.36 bits per heavy atom. The second-order valence-electron chi connectivity index (χ2n) is 9.90. The number of amides is 1. The van der Waals surface area contributed by atoms with Crippen LogP contribution in [0.2, 0.25) is 5.02 Å². The van der Waals surface area contributed by atoms with E-state index in [2.05, 4.69) is 0 Å². The van der Waals surface area contributed by atoms with Crippen molar-refractivity contribution in [1.29, 1.82) is 0 Å². The lowest BCUT2D eigenvalue weighted by molar-refractivity contribution is 0.0714. The summed E-state index contributed by atoms with van der Waals surface area (Å²) in [5.41, 5.74) is 5.02. The summed E-state index contributed by atoms with van der Waals surface area (Å²) in [6, 6.07) is 28.0. The van der Waals surface area contributed by atoms with E-state index in [1.807, 2.05) is 98.8 Å². The van der Waals surface area contributed by atoms with E-state index in [1.54, 1.807) is 11.0 Å². The Hall–Kier alpha value is -4.35. The summed E-state index contributed by atoms with van der Waals surface area (Å²) >= 11 is 6.48. The van der Waals surface area contributed by atoms with Gasteiger partial charge in [-0.15, -0.1) is 0 Å². The van der Waals surface area contributed by atoms with Gasteiger partial charge < -0.3 is 14.1 Å². The molecule has 194 valence electrons. The van der Waals surface area contributed by atoms with Crippen LogP contribution in [0, 0.1) is 13.8 Å². The number of ether oxygens (including phenoxy) is 1. The van der Waals surface area contributed by atoms with E-state index in [4.69, 9.17) is 20.8 Å². The minimum absolute atomic E-state index is 0.0824. The molecule has 1 amide bonds. The van der Waals surface area contributed by atoms with Gasteiger partial charge in [-0.25, -0.2) is 0 Å². The molecule has 6 heteroatoms. The Balaban J connectivity index is 1.44. The van der Waals surface area contributed by atoms with Crippen molar-refractivity contribution >= 4 is 28.5 Å². The van der Waals surface area contributed by atoms with E-state index < -0.39 is 6.04 Å². The number of rotatable bonds is 6. The average Bonchev–Trinajstić information content (AvgIpc) is 3.20. The van der Waals surface area contributed by atoms with Gasteiger partial charge in [-0.05, 0) is 65.9 Å². The quantitative estimate of drug-likeness (QED) is 0.227. The number of hydrogen-bond acceptors (Lipinski definition) is 4. The van der Waals surface area contributed by atoms with Crippen LogP contribution < -0.4 is 10.2 Å². The summed E-state index contributed by atoms with van der Waals surface area (Å²) < 4.78 is 12.1. The molecule has 0 saturated carbocycles. The van der Waals surface area contributed by atoms with Crippen LogP contribution in [0.5, 0.6) is 5.75 Å². The normalized spacial score (nSPS) is 14.6. The Morgan fingerprint density at radius 1 is 0.897 bits per heavy atom. The lowest BCUT2D eigenvalue weighted by atomic mass is 9.96. The van der Waals surface area contributed by atoms with Crippen LogP contribution >= 0.6 is 11.6 Å². The van der Waals surface area contributed by atoms with E-state index in [0.717, 1.165) is 27.8 Å². The van der Waals surface area contributed by atoms with E-state index >= 15 is 0 Å². The summed E-state index contributed by atoms with van der Waals surface area (Å²) in [4.78, 5) is 29.5. The number of aryl methyl sites for hydroxylation is 2. The van der Waals surface area contributed by atoms with Gasteiger partial charge >= 0.3 is 0 Å². The second-order valence-corrected chi connectivity index (χ2v) is 10.3. The molecule has 0 spiro atoms. The van der Waals surface area contributed by atoms with Gasteiger partial charge in [0.2, 0.25) is 5.76 Å². The Labute approximate surface area is 231 Å². The Morgan fingerprint density at radius 2 is 1.62 bits per heavy atom. The monoisotopic (exact) mass is 535 g/mol. The van der Waals surface area contributed by atoms with Crippen molar-refractivity contribution in [3.05, 3.63) is 145 Å². The minimum Gasteiger partial charge on any atom is -0.489 e. The van der Waals surface area contributed by atoms with Gasteiger partial charge in [-0.1, -0.05) is 78.3 Å². The predicted molar refractivity (Wildman–Crippen MR) is 152 cm³/mol. The highest BCUT2D eigenvalue weighted by molar-refractivity contribution is 6.31. The molecule has 1 aliphatic heterocycles. The summed E-state index contributed by atoms with van der Waals surface area (Å²) in [5.74, 6) is 0.443. The summed E-state index contributed by atoms with van der Waals surface area (Å²) in [7, 11) is 0. The van der Waals surface area contributed by atoms with Gasteiger partial charge in [0.15, 0.2) is 5.43 Å². The van der Waals surface area contributed by atoms with Crippen molar-refractivity contribution in [2.75, 3.05) is 0 Å². The van der Waals surface area contributed by atoms with Crippen LogP contribution in [0.4, 0.5) is 0 Å². The number of carbonyl (C=O) groups excluding carboxylic acids is 1. The fourth-order valence-corrected chi connectivity index (χ4v) is 5.52. The Bertz CT molecular complexity index is 1760. The van der Waals surface area contributed by atoms with Gasteiger partial charge in [-0.2, -0.15) is 0 Å². The Kier molecular flexibility index (Phi) is 6.45. The van der Waals surface area contributed by atoms with Gasteiger partial charge in [0, 0.05) is 11.6 Å². The fourth-order valence-electron chi connectivity index (χ4n) is 5.32. The van der Waals surface area contributed by atoms with Crippen LogP contribution in [0.15, 0.2) is 100 Å². The smallest absolute Gasteiger partial charge is 0.291 e. The van der Waals surface area contributed by atoms with Gasteiger partial charge in [-0.3, -0.25) is 9.59 Å². The highest BCUT2D eigenvalue weighted by atomic mass is 35.5. The molecule has 1 aliphatic rings. The van der Waals surface area contributed by atoms with Crippen molar-refractivity contribution in [3.8, 4) is 5.75 Å². The third kappa shape index (κ3) is 4.59. The van der Waals surface area contributed by atoms with Gasteiger partial charge in [0.05, 0.1) is 17.0 Å². The highest BCUT2D eigenvalue weighted by Crippen LogP contribution is 2.40. The lowest BCUT2D eigenvalue weighted by Gasteiger charge is -2.26. The van der Waals surface area contributed by atoms with Crippen LogP contribution in [0.25, 0.3) is 11.0 Å². The maximum absolute atomic E-state index is 14.0. The molecule has 5 nitrogen and oxygen atoms in total. The maximum atomic E-state index is 14.0. The minimum atomic E-state index is -0.631. The van der Waals surface area contributed by atoms with Crippen molar-refractivity contribution in [2.24, 2.45) is 0 Å². The number of hydrogen-bond donors (Lipinski definition) is 0. The summed E-state index contributed by atoms with van der Waals surface area (Å²) in [6.45, 7) is 4.51. The van der Waals surface area contributed by atoms with E-state index in [-0.39, 0.29) is 23.6 Å². The number of halogens is 1. The molecule has 2 heterocycles. The molecule has 4 aromatic carbocycles. The van der Waals surface area contributed by atoms with Crippen LogP contribution in [-0.2, 0) is 13.2 Å². The second kappa shape index (κ2) is 10.1. The van der Waals surface area contributed by atoms with Crippen molar-refractivity contribution in [1.82, 2.24) is 4.90 Å². The lowest BCUT2D eigenvalue weighted by Crippen LogP contribution is -2.29. The predicted octanol–water partition coefficient (Wildman–Crippen LogP) is 7.39. The number of nitrogens with zero attached hydrogens (tertiary/aromatic N) is 1. The highest BCUT2D eigenvalue weighted by Gasteiger charge is 2.43. The fraction of sp³-hybridized carbons (Fsp3) is 0.152. The molecular formula is C33H26ClNO4. The molecule has 1 aromatic heterocycles. The molecule has 1 unspecified atom stereocenters. The number of benzene rings is 4. The molecule has 0 N–H and O–H groups in total. The zero-order valence-electron chi connectivity index (χ0n) is 21.6. The van der Waals surface area contributed by atoms with Gasteiger partial charge in [0.1, 0.15) is 17.9 Å². The number of fused-ring (bicyclic) bond motifs is 2. The van der Waals surface area contributed by atoms with E-state index in [9.17, 15) is 9.59 Å². The van der Waals surface area contributed by atoms with Gasteiger partial charge in [0.25, 0.3) is 5.91 Å². The first kappa shape index (κ1) is 25.0. The standard InChI is InChI=1S/C33H26ClNO4/c1-20-16-21(2)28-27(17-20)39-32-29(31(28)36)30(35(33(32)37)18-24-10-6-7-11-26(24)34)23-12-14-25(15-13-23)38-19-22-8-4-3-5-9-22/h3-17,30H,18-19H2,1-2H3. The SMILES string of the molecule is Cc1cc(C)c2c(=O)c3c(oc2c1)C(=O)N(Cc1ccccc1Cl)C3c1ccc(OCc2ccccc2)cc1. The molecular weight excluding hydrogens is 510 g/mol. The zero-order chi connectivity index (χ0) is 27.1. The molecule has 0 bridgehead atoms. The molecule has 0 fully saturated rings. The topological polar surface area (TPSA) is 59.8 Å². The summed E-state index contributed by atoms with van der Waals surface area (Å²) in [6.07, 6.45) is 0. The van der Waals surface area contributed by atoms with Crippen LogP contribution in [0.1, 0.15) is 50.0 Å². The maximum Gasteiger partial charge on any atom is 0.291 e. The average molecular weight is 536 g/mol. The molecule has 39 heavy (non-hydrogen) atoms. The number of carbonyl (C=O) groups is 1. The third-order valence-corrected chi connectivity index (χ3v) is 7.52. The van der Waals surface area contributed by atoms with Crippen molar-refractivity contribution < 1.29 is 13.9 Å².